The molecule has 0 radical (unpaired) electrons. The van der Waals surface area contributed by atoms with E-state index < -0.39 is 0 Å². The van der Waals surface area contributed by atoms with E-state index in [1.54, 1.807) is 5.57 Å². The first-order chi connectivity index (χ1) is 13.0. The summed E-state index contributed by atoms with van der Waals surface area (Å²) in [7, 11) is 0. The molecule has 0 aromatic heterocycles. The molecule has 0 aromatic carbocycles. The second-order valence-electron chi connectivity index (χ2n) is 10.8. The van der Waals surface area contributed by atoms with Crippen LogP contribution in [0.5, 0.6) is 0 Å². The van der Waals surface area contributed by atoms with Crippen molar-refractivity contribution in [3.05, 3.63) is 11.1 Å². The van der Waals surface area contributed by atoms with Crippen molar-refractivity contribution in [1.29, 1.82) is 0 Å². The van der Waals surface area contributed by atoms with Gasteiger partial charge in [0.05, 0.1) is 0 Å². The molecule has 146 valence electrons. The number of esters is 1. The first-order valence-corrected chi connectivity index (χ1v) is 11.4. The zero-order chi connectivity index (χ0) is 18.6. The number of Topliss-reactive ketones (excluding diaryl/α,β-unsaturated/α-hetero) is 1. The number of hydrogen-bond donors (Lipinski definition) is 0. The fraction of sp³-hybridized carbons (Fsp3) is 0.833. The number of ketones is 1. The Balaban J connectivity index is 1.42. The number of fused-ring (bicyclic) bond motifs is 8. The Kier molecular flexibility index (Phi) is 3.28. The highest BCUT2D eigenvalue weighted by Crippen LogP contribution is 2.78. The molecule has 1 saturated heterocycles. The molecule has 5 aliphatic carbocycles. The highest BCUT2D eigenvalue weighted by molar-refractivity contribution is 5.82. The van der Waals surface area contributed by atoms with Crippen molar-refractivity contribution in [2.45, 2.75) is 83.7 Å². The van der Waals surface area contributed by atoms with Gasteiger partial charge in [-0.25, -0.2) is 0 Å². The minimum absolute atomic E-state index is 0.0520. The Hall–Kier alpha value is -1.12. The van der Waals surface area contributed by atoms with E-state index in [0.717, 1.165) is 55.8 Å². The summed E-state index contributed by atoms with van der Waals surface area (Å²) in [5.74, 6) is 4.85. The van der Waals surface area contributed by atoms with E-state index in [9.17, 15) is 9.59 Å². The molecule has 3 nitrogen and oxygen atoms in total. The standard InChI is InChI=1S/C24H32O3/c1-3-13-10-14-11-15(25)4-5-16(14)17-6-8-23(2)22(21(13)17)18-12-19(18)24(23)9-7-20(26)27-24/h13,17-19,21-22H,3-12H2,1-2H3/t13?,17?,18?,19?,21?,22?,23-,24-/m0/s1. The van der Waals surface area contributed by atoms with E-state index in [4.69, 9.17) is 4.74 Å². The number of ether oxygens (including phenoxy) is 1. The smallest absolute Gasteiger partial charge is 0.306 e. The molecule has 0 aromatic rings. The third kappa shape index (κ3) is 1.94. The van der Waals surface area contributed by atoms with Gasteiger partial charge in [0.15, 0.2) is 0 Å². The van der Waals surface area contributed by atoms with Crippen LogP contribution in [0.15, 0.2) is 11.1 Å². The second-order valence-corrected chi connectivity index (χ2v) is 10.8. The van der Waals surface area contributed by atoms with Crippen LogP contribution >= 0.6 is 0 Å². The molecule has 3 saturated carbocycles. The fourth-order valence-electron chi connectivity index (χ4n) is 9.01. The van der Waals surface area contributed by atoms with Gasteiger partial charge < -0.3 is 4.74 Å². The Bertz CT molecular complexity index is 766. The van der Waals surface area contributed by atoms with Crippen molar-refractivity contribution in [1.82, 2.24) is 0 Å². The van der Waals surface area contributed by atoms with Crippen molar-refractivity contribution in [3.8, 4) is 0 Å². The highest BCUT2D eigenvalue weighted by atomic mass is 16.6. The summed E-state index contributed by atoms with van der Waals surface area (Å²) in [6.45, 7) is 4.84. The van der Waals surface area contributed by atoms with Crippen LogP contribution in [0.4, 0.5) is 0 Å². The third-order valence-corrected chi connectivity index (χ3v) is 10.0. The van der Waals surface area contributed by atoms with Crippen LogP contribution in [0.3, 0.4) is 0 Å². The molecule has 3 heteroatoms. The monoisotopic (exact) mass is 368 g/mol. The van der Waals surface area contributed by atoms with Crippen LogP contribution in [0.2, 0.25) is 0 Å². The lowest BCUT2D eigenvalue weighted by atomic mass is 9.48. The largest absolute Gasteiger partial charge is 0.458 e. The zero-order valence-corrected chi connectivity index (χ0v) is 16.8. The lowest BCUT2D eigenvalue weighted by Gasteiger charge is -2.57. The molecule has 6 rings (SSSR count). The second kappa shape index (κ2) is 5.27. The van der Waals surface area contributed by atoms with Gasteiger partial charge in [0, 0.05) is 30.6 Å². The molecule has 27 heavy (non-hydrogen) atoms. The predicted octanol–water partition coefficient (Wildman–Crippen LogP) is 4.84. The van der Waals surface area contributed by atoms with Crippen molar-refractivity contribution in [3.63, 3.8) is 0 Å². The maximum Gasteiger partial charge on any atom is 0.306 e. The van der Waals surface area contributed by atoms with Crippen molar-refractivity contribution >= 4 is 11.8 Å². The van der Waals surface area contributed by atoms with Crippen molar-refractivity contribution < 1.29 is 14.3 Å². The van der Waals surface area contributed by atoms with Gasteiger partial charge in [-0.2, -0.15) is 0 Å². The lowest BCUT2D eigenvalue weighted by Crippen LogP contribution is -2.55. The number of carbonyl (C=O) groups is 2. The maximum atomic E-state index is 12.1. The first-order valence-electron chi connectivity index (χ1n) is 11.4. The topological polar surface area (TPSA) is 43.4 Å². The van der Waals surface area contributed by atoms with Gasteiger partial charge in [0.1, 0.15) is 11.4 Å². The summed E-state index contributed by atoms with van der Waals surface area (Å²) in [5.41, 5.74) is 3.26. The van der Waals surface area contributed by atoms with Gasteiger partial charge in [-0.05, 0) is 68.1 Å². The summed E-state index contributed by atoms with van der Waals surface area (Å²) < 4.78 is 6.21. The fourth-order valence-corrected chi connectivity index (χ4v) is 9.01. The van der Waals surface area contributed by atoms with E-state index in [0.29, 0.717) is 24.0 Å². The van der Waals surface area contributed by atoms with E-state index in [1.165, 1.54) is 31.3 Å². The number of hydrogen-bond acceptors (Lipinski definition) is 3. The number of carbonyl (C=O) groups excluding carboxylic acids is 2. The Morgan fingerprint density at radius 3 is 2.74 bits per heavy atom. The molecule has 8 atom stereocenters. The van der Waals surface area contributed by atoms with E-state index in [1.807, 2.05) is 0 Å². The van der Waals surface area contributed by atoms with Crippen LogP contribution in [-0.2, 0) is 14.3 Å². The van der Waals surface area contributed by atoms with Crippen molar-refractivity contribution in [2.75, 3.05) is 0 Å². The minimum Gasteiger partial charge on any atom is -0.458 e. The summed E-state index contributed by atoms with van der Waals surface area (Å²) in [6.07, 6.45) is 10.3. The lowest BCUT2D eigenvalue weighted by molar-refractivity contribution is -0.173. The molecule has 6 unspecified atom stereocenters. The Labute approximate surface area is 162 Å². The van der Waals surface area contributed by atoms with E-state index in [2.05, 4.69) is 13.8 Å². The van der Waals surface area contributed by atoms with Gasteiger partial charge in [-0.1, -0.05) is 31.4 Å². The van der Waals surface area contributed by atoms with Crippen LogP contribution in [-0.4, -0.2) is 17.4 Å². The molecule has 0 amide bonds. The molecule has 0 N–H and O–H groups in total. The van der Waals surface area contributed by atoms with Crippen LogP contribution in [0.1, 0.15) is 78.1 Å². The average Bonchev–Trinajstić information content (AvgIpc) is 3.29. The van der Waals surface area contributed by atoms with Crippen LogP contribution < -0.4 is 0 Å². The van der Waals surface area contributed by atoms with E-state index in [-0.39, 0.29) is 17.0 Å². The molecular weight excluding hydrogens is 336 g/mol. The molecule has 1 spiro atoms. The zero-order valence-electron chi connectivity index (χ0n) is 16.8. The summed E-state index contributed by atoms with van der Waals surface area (Å²) >= 11 is 0. The third-order valence-electron chi connectivity index (χ3n) is 10.0. The van der Waals surface area contributed by atoms with Gasteiger partial charge in [0.25, 0.3) is 0 Å². The average molecular weight is 369 g/mol. The van der Waals surface area contributed by atoms with Gasteiger partial charge in [0.2, 0.25) is 0 Å². The predicted molar refractivity (Wildman–Crippen MR) is 102 cm³/mol. The number of allylic oxidation sites excluding steroid dienone is 2. The first kappa shape index (κ1) is 16.8. The van der Waals surface area contributed by atoms with Crippen LogP contribution in [0, 0.1) is 40.9 Å². The summed E-state index contributed by atoms with van der Waals surface area (Å²) in [4.78, 5) is 24.2. The quantitative estimate of drug-likeness (QED) is 0.491. The molecule has 1 aliphatic heterocycles. The van der Waals surface area contributed by atoms with Gasteiger partial charge in [-0.3, -0.25) is 9.59 Å². The normalized spacial score (nSPS) is 53.0. The van der Waals surface area contributed by atoms with Crippen LogP contribution in [0.25, 0.3) is 0 Å². The summed E-state index contributed by atoms with van der Waals surface area (Å²) in [5, 5.41) is 0. The highest BCUT2D eigenvalue weighted by Gasteiger charge is 2.78. The van der Waals surface area contributed by atoms with E-state index >= 15 is 0 Å². The molecule has 6 aliphatic rings. The van der Waals surface area contributed by atoms with Gasteiger partial charge in [-0.15, -0.1) is 0 Å². The molecular formula is C24H32O3. The van der Waals surface area contributed by atoms with Gasteiger partial charge >= 0.3 is 5.97 Å². The molecule has 1 heterocycles. The Morgan fingerprint density at radius 2 is 2.00 bits per heavy atom. The minimum atomic E-state index is -0.139. The Morgan fingerprint density at radius 1 is 1.15 bits per heavy atom. The molecule has 4 fully saturated rings. The summed E-state index contributed by atoms with van der Waals surface area (Å²) in [6, 6.07) is 0. The SMILES string of the molecule is CCC1CC2=C(CCC(=O)C2)C2CC[C@@]3(C)C(C4CC4[C@@]34CCC(=O)O4)C12. The van der Waals surface area contributed by atoms with Crippen molar-refractivity contribution in [2.24, 2.45) is 40.9 Å². The number of rotatable bonds is 1. The molecule has 0 bridgehead atoms. The maximum absolute atomic E-state index is 12.1.